The number of rotatable bonds is 10. The number of benzene rings is 15. The Balaban J connectivity index is 0.000000140. The zero-order chi connectivity index (χ0) is 67.9. The molecule has 21 rings (SSSR count). The highest BCUT2D eigenvalue weighted by molar-refractivity contribution is 7.26. The van der Waals surface area contributed by atoms with E-state index in [2.05, 4.69) is 335 Å². The van der Waals surface area contributed by atoms with Crippen LogP contribution in [-0.4, -0.2) is 33.6 Å². The topological polar surface area (TPSA) is 66.3 Å². The normalized spacial score (nSPS) is 11.7. The van der Waals surface area contributed by atoms with Crippen LogP contribution in [0.1, 0.15) is 0 Å². The molecule has 7 nitrogen and oxygen atoms in total. The van der Waals surface area contributed by atoms with E-state index in [-0.39, 0.29) is 0 Å². The lowest BCUT2D eigenvalue weighted by molar-refractivity contribution is 1.07. The van der Waals surface area contributed by atoms with Crippen LogP contribution >= 0.6 is 22.7 Å². The third kappa shape index (κ3) is 10.4. The van der Waals surface area contributed by atoms with Crippen LogP contribution in [0.15, 0.2) is 358 Å². The van der Waals surface area contributed by atoms with Crippen LogP contribution in [0.3, 0.4) is 0 Å². The SMILES string of the molecule is c1ccc(-c2cccc(-c3nc(-c4ccccc4)nc(-c4ccc(-c5cc(-n6c7ccccc7c7ccccc76)cc6c5sc5ccccc56)cc4)n3)c2)cc1.c1ccc(-n2c(-c3ccc(-c4cc(-n5c6ccccc6c6ccccc65)cc5c4sc4ccccc45)cc3)nc3ccccc32)cc1. The second kappa shape index (κ2) is 24.9. The number of fused-ring (bicyclic) bond motifs is 13. The van der Waals surface area contributed by atoms with Gasteiger partial charge in [-0.2, -0.15) is 0 Å². The molecule has 0 radical (unpaired) electrons. The van der Waals surface area contributed by atoms with Crippen molar-refractivity contribution in [3.63, 3.8) is 0 Å². The average Bonchev–Trinajstić information content (AvgIpc) is 1.61. The minimum absolute atomic E-state index is 0.636. The molecule has 0 aliphatic carbocycles. The van der Waals surface area contributed by atoms with Crippen molar-refractivity contribution in [3.05, 3.63) is 358 Å². The molecule has 21 aromatic rings. The molecule has 0 bridgehead atoms. The Kier molecular flexibility index (Phi) is 14.5. The summed E-state index contributed by atoms with van der Waals surface area (Å²) in [4.78, 5) is 20.3. The summed E-state index contributed by atoms with van der Waals surface area (Å²) in [7, 11) is 0. The van der Waals surface area contributed by atoms with Gasteiger partial charge in [-0.25, -0.2) is 19.9 Å². The number of hydrogen-bond donors (Lipinski definition) is 0. The molecule has 0 unspecified atom stereocenters. The summed E-state index contributed by atoms with van der Waals surface area (Å²) in [6.07, 6.45) is 0. The Hall–Kier alpha value is -13.2. The monoisotopic (exact) mass is 1350 g/mol. The Labute approximate surface area is 601 Å². The summed E-state index contributed by atoms with van der Waals surface area (Å²) in [6, 6.07) is 127. The Morgan fingerprint density at radius 3 is 1.06 bits per heavy atom. The zero-order valence-electron chi connectivity index (χ0n) is 55.5. The molecule has 6 heterocycles. The molecule has 0 saturated carbocycles. The lowest BCUT2D eigenvalue weighted by Gasteiger charge is -2.13. The van der Waals surface area contributed by atoms with Crippen LogP contribution in [0.5, 0.6) is 0 Å². The van der Waals surface area contributed by atoms with Gasteiger partial charge in [-0.15, -0.1) is 22.7 Å². The van der Waals surface area contributed by atoms with Gasteiger partial charge in [0.25, 0.3) is 0 Å². The van der Waals surface area contributed by atoms with Gasteiger partial charge in [-0.1, -0.05) is 267 Å². The number of aromatic nitrogens is 7. The van der Waals surface area contributed by atoms with Crippen molar-refractivity contribution in [1.29, 1.82) is 0 Å². The second-order valence-electron chi connectivity index (χ2n) is 26.0. The molecule has 0 atom stereocenters. The maximum Gasteiger partial charge on any atom is 0.164 e. The molecular formula is C94H59N7S2. The van der Waals surface area contributed by atoms with Crippen LogP contribution in [0.2, 0.25) is 0 Å². The third-order valence-corrected chi connectivity index (χ3v) is 22.4. The van der Waals surface area contributed by atoms with Crippen LogP contribution in [-0.2, 0) is 0 Å². The number of imidazole rings is 1. The standard InChI is InChI=1S/C51H32N4S.C43H27N3S/c1-3-14-33(15-4-1)37-18-13-19-38(30-37)51-53-49(35-16-5-2-6-17-35)52-50(54-51)36-28-26-34(27-29-36)43-31-39(32-44-42-22-9-12-25-47(42)56-48(43)44)55-45-23-10-7-20-40(45)41-21-8-11-24-46(41)55;1-2-12-30(13-3-1)46-40-20-10-7-17-37(40)44-43(46)29-24-22-28(23-25-29)35-26-31(27-36-34-16-6-11-21-41(34)47-42(35)36)45-38-18-8-4-14-32(38)33-15-5-9-19-39(33)45/h1-32H;1-27H. The van der Waals surface area contributed by atoms with Gasteiger partial charge in [0.1, 0.15) is 5.82 Å². The van der Waals surface area contributed by atoms with Gasteiger partial charge in [0.05, 0.1) is 33.1 Å². The number of thiophene rings is 2. The van der Waals surface area contributed by atoms with E-state index in [1.54, 1.807) is 0 Å². The minimum atomic E-state index is 0.636. The summed E-state index contributed by atoms with van der Waals surface area (Å²) in [6.45, 7) is 0. The fourth-order valence-electron chi connectivity index (χ4n) is 15.2. The molecule has 0 fully saturated rings. The van der Waals surface area contributed by atoms with Gasteiger partial charge in [0.15, 0.2) is 17.5 Å². The van der Waals surface area contributed by atoms with E-state index in [1.807, 2.05) is 59.1 Å². The van der Waals surface area contributed by atoms with Crippen molar-refractivity contribution in [3.8, 4) is 96.0 Å². The average molecular weight is 1350 g/mol. The van der Waals surface area contributed by atoms with E-state index < -0.39 is 0 Å². The predicted octanol–water partition coefficient (Wildman–Crippen LogP) is 25.5. The van der Waals surface area contributed by atoms with E-state index in [0.29, 0.717) is 17.5 Å². The Morgan fingerprint density at radius 2 is 0.563 bits per heavy atom. The molecule has 482 valence electrons. The van der Waals surface area contributed by atoms with Gasteiger partial charge in [0.2, 0.25) is 0 Å². The molecule has 6 aromatic heterocycles. The second-order valence-corrected chi connectivity index (χ2v) is 28.1. The zero-order valence-corrected chi connectivity index (χ0v) is 57.1. The first-order valence-electron chi connectivity index (χ1n) is 34.7. The lowest BCUT2D eigenvalue weighted by Crippen LogP contribution is -2.00. The van der Waals surface area contributed by atoms with E-state index >= 15 is 0 Å². The quantitative estimate of drug-likeness (QED) is 0.137. The molecule has 9 heteroatoms. The molecule has 103 heavy (non-hydrogen) atoms. The number of para-hydroxylation sites is 7. The Morgan fingerprint density at radius 1 is 0.204 bits per heavy atom. The molecule has 0 aliphatic heterocycles. The fraction of sp³-hybridized carbons (Fsp3) is 0. The number of hydrogen-bond acceptors (Lipinski definition) is 6. The summed E-state index contributed by atoms with van der Waals surface area (Å²) in [5, 5.41) is 10.2. The molecular weight excluding hydrogens is 1290 g/mol. The van der Waals surface area contributed by atoms with Gasteiger partial charge < -0.3 is 9.13 Å². The first kappa shape index (κ1) is 59.8. The maximum absolute atomic E-state index is 5.11. The highest BCUT2D eigenvalue weighted by Crippen LogP contribution is 2.46. The van der Waals surface area contributed by atoms with Crippen LogP contribution in [0.25, 0.3) is 191 Å². The lowest BCUT2D eigenvalue weighted by atomic mass is 10.00. The molecule has 0 saturated heterocycles. The number of nitrogens with zero attached hydrogens (tertiary/aromatic N) is 7. The van der Waals surface area contributed by atoms with Crippen LogP contribution in [0.4, 0.5) is 0 Å². The Bertz CT molecular complexity index is 6740. The van der Waals surface area contributed by atoms with E-state index in [4.69, 9.17) is 19.9 Å². The molecule has 0 aliphatic rings. The first-order chi connectivity index (χ1) is 51.1. The summed E-state index contributed by atoms with van der Waals surface area (Å²) >= 11 is 3.73. The summed E-state index contributed by atoms with van der Waals surface area (Å²) in [5.41, 5.74) is 21.3. The molecule has 15 aromatic carbocycles. The van der Waals surface area contributed by atoms with Gasteiger partial charge >= 0.3 is 0 Å². The van der Waals surface area contributed by atoms with Gasteiger partial charge in [-0.05, 0) is 113 Å². The van der Waals surface area contributed by atoms with Crippen LogP contribution < -0.4 is 0 Å². The highest BCUT2D eigenvalue weighted by atomic mass is 32.1. The maximum atomic E-state index is 5.11. The molecule has 0 N–H and O–H groups in total. The largest absolute Gasteiger partial charge is 0.309 e. The van der Waals surface area contributed by atoms with Crippen molar-refractivity contribution in [2.75, 3.05) is 0 Å². The smallest absolute Gasteiger partial charge is 0.164 e. The van der Waals surface area contributed by atoms with Crippen molar-refractivity contribution in [2.24, 2.45) is 0 Å². The van der Waals surface area contributed by atoms with E-state index in [0.717, 1.165) is 67.2 Å². The van der Waals surface area contributed by atoms with Gasteiger partial charge in [-0.3, -0.25) is 4.57 Å². The van der Waals surface area contributed by atoms with Crippen molar-refractivity contribution in [1.82, 2.24) is 33.6 Å². The van der Waals surface area contributed by atoms with Crippen molar-refractivity contribution >= 4 is 118 Å². The fourth-order valence-corrected chi connectivity index (χ4v) is 17.6. The van der Waals surface area contributed by atoms with E-state index in [9.17, 15) is 0 Å². The van der Waals surface area contributed by atoms with Crippen molar-refractivity contribution < 1.29 is 0 Å². The summed E-state index contributed by atoms with van der Waals surface area (Å²) in [5.74, 6) is 2.86. The highest BCUT2D eigenvalue weighted by Gasteiger charge is 2.22. The molecule has 0 spiro atoms. The van der Waals surface area contributed by atoms with Gasteiger partial charge in [0, 0.05) is 112 Å². The summed E-state index contributed by atoms with van der Waals surface area (Å²) < 4.78 is 12.3. The van der Waals surface area contributed by atoms with Crippen LogP contribution in [0, 0.1) is 0 Å². The third-order valence-electron chi connectivity index (χ3n) is 20.0. The molecule has 0 amide bonds. The minimum Gasteiger partial charge on any atom is -0.309 e. The first-order valence-corrected chi connectivity index (χ1v) is 36.3. The predicted molar refractivity (Wildman–Crippen MR) is 433 cm³/mol. The van der Waals surface area contributed by atoms with E-state index in [1.165, 1.54) is 106 Å². The van der Waals surface area contributed by atoms with Crippen molar-refractivity contribution in [2.45, 2.75) is 0 Å².